The molecule has 0 radical (unpaired) electrons. The van der Waals surface area contributed by atoms with E-state index in [0.717, 1.165) is 24.9 Å². The van der Waals surface area contributed by atoms with Crippen LogP contribution in [0, 0.1) is 18.8 Å². The molecule has 2 unspecified atom stereocenters. The second-order valence-corrected chi connectivity index (χ2v) is 5.84. The first-order valence-corrected chi connectivity index (χ1v) is 7.18. The van der Waals surface area contributed by atoms with E-state index in [0.29, 0.717) is 0 Å². The smallest absolute Gasteiger partial charge is 0.0343 e. The van der Waals surface area contributed by atoms with Crippen molar-refractivity contribution >= 4 is 5.69 Å². The fourth-order valence-corrected chi connectivity index (χ4v) is 2.67. The van der Waals surface area contributed by atoms with E-state index in [1.54, 1.807) is 0 Å². The van der Waals surface area contributed by atoms with Crippen molar-refractivity contribution in [3.05, 3.63) is 29.8 Å². The number of benzene rings is 1. The van der Waals surface area contributed by atoms with E-state index in [9.17, 15) is 0 Å². The predicted molar refractivity (Wildman–Crippen MR) is 79.1 cm³/mol. The minimum Gasteiger partial charge on any atom is -0.384 e. The minimum atomic E-state index is 0.845. The Morgan fingerprint density at radius 1 is 1.28 bits per heavy atom. The van der Waals surface area contributed by atoms with Gasteiger partial charge in [0.25, 0.3) is 0 Å². The summed E-state index contributed by atoms with van der Waals surface area (Å²) in [6.45, 7) is 11.6. The summed E-state index contributed by atoms with van der Waals surface area (Å²) >= 11 is 0. The average Bonchev–Trinajstić information content (AvgIpc) is 2.34. The zero-order valence-electron chi connectivity index (χ0n) is 11.9. The first-order chi connectivity index (χ1) is 8.65. The van der Waals surface area contributed by atoms with Crippen LogP contribution in [0.2, 0.25) is 0 Å². The number of likely N-dealkylation sites (tertiary alicyclic amines) is 1. The SMILES string of the molecule is Cc1cccc(NCCN2CCC(C)C(C)C2)c1. The van der Waals surface area contributed by atoms with E-state index in [4.69, 9.17) is 0 Å². The highest BCUT2D eigenvalue weighted by Crippen LogP contribution is 2.22. The van der Waals surface area contributed by atoms with E-state index in [2.05, 4.69) is 55.3 Å². The van der Waals surface area contributed by atoms with Gasteiger partial charge in [-0.2, -0.15) is 0 Å². The Balaban J connectivity index is 1.72. The average molecular weight is 246 g/mol. The molecule has 1 aromatic carbocycles. The van der Waals surface area contributed by atoms with Crippen LogP contribution >= 0.6 is 0 Å². The van der Waals surface area contributed by atoms with Gasteiger partial charge in [-0.15, -0.1) is 0 Å². The second kappa shape index (κ2) is 6.24. The summed E-state index contributed by atoms with van der Waals surface area (Å²) in [6.07, 6.45) is 1.35. The van der Waals surface area contributed by atoms with Crippen LogP contribution in [0.1, 0.15) is 25.8 Å². The Morgan fingerprint density at radius 2 is 2.11 bits per heavy atom. The molecule has 2 nitrogen and oxygen atoms in total. The lowest BCUT2D eigenvalue weighted by Crippen LogP contribution is -2.40. The molecule has 0 amide bonds. The standard InChI is InChI=1S/C16H26N2/c1-13-5-4-6-16(11-13)17-8-10-18-9-7-14(2)15(3)12-18/h4-6,11,14-15,17H,7-10,12H2,1-3H3. The van der Waals surface area contributed by atoms with Crippen LogP contribution in [0.15, 0.2) is 24.3 Å². The first kappa shape index (κ1) is 13.4. The van der Waals surface area contributed by atoms with Crippen LogP contribution in [-0.2, 0) is 0 Å². The third kappa shape index (κ3) is 3.74. The fraction of sp³-hybridized carbons (Fsp3) is 0.625. The molecule has 1 fully saturated rings. The normalized spacial score (nSPS) is 25.1. The topological polar surface area (TPSA) is 15.3 Å². The van der Waals surface area contributed by atoms with Crippen molar-refractivity contribution in [1.29, 1.82) is 0 Å². The molecule has 0 saturated carbocycles. The van der Waals surface area contributed by atoms with Crippen molar-refractivity contribution in [2.24, 2.45) is 11.8 Å². The molecule has 1 heterocycles. The summed E-state index contributed by atoms with van der Waals surface area (Å²) in [5.41, 5.74) is 2.56. The van der Waals surface area contributed by atoms with Gasteiger partial charge in [-0.3, -0.25) is 0 Å². The van der Waals surface area contributed by atoms with Gasteiger partial charge in [-0.1, -0.05) is 26.0 Å². The number of nitrogens with zero attached hydrogens (tertiary/aromatic N) is 1. The van der Waals surface area contributed by atoms with Crippen molar-refractivity contribution in [3.63, 3.8) is 0 Å². The van der Waals surface area contributed by atoms with Gasteiger partial charge in [0.1, 0.15) is 0 Å². The van der Waals surface area contributed by atoms with Gasteiger partial charge in [-0.05, 0) is 49.4 Å². The third-order valence-electron chi connectivity index (χ3n) is 4.19. The molecule has 1 N–H and O–H groups in total. The molecule has 2 rings (SSSR count). The molecule has 2 atom stereocenters. The van der Waals surface area contributed by atoms with Crippen LogP contribution in [0.5, 0.6) is 0 Å². The zero-order valence-corrected chi connectivity index (χ0v) is 11.9. The Labute approximate surface area is 111 Å². The molecule has 0 aromatic heterocycles. The maximum Gasteiger partial charge on any atom is 0.0343 e. The molecule has 1 aliphatic rings. The van der Waals surface area contributed by atoms with Crippen molar-refractivity contribution in [1.82, 2.24) is 4.90 Å². The Bertz CT molecular complexity index is 375. The van der Waals surface area contributed by atoms with Crippen LogP contribution in [0.3, 0.4) is 0 Å². The predicted octanol–water partition coefficient (Wildman–Crippen LogP) is 3.38. The van der Waals surface area contributed by atoms with E-state index < -0.39 is 0 Å². The van der Waals surface area contributed by atoms with Gasteiger partial charge in [0.15, 0.2) is 0 Å². The number of rotatable bonds is 4. The lowest BCUT2D eigenvalue weighted by atomic mass is 9.89. The molecule has 2 heteroatoms. The van der Waals surface area contributed by atoms with Crippen molar-refractivity contribution in [3.8, 4) is 0 Å². The number of anilines is 1. The van der Waals surface area contributed by atoms with E-state index in [1.165, 1.54) is 30.8 Å². The van der Waals surface area contributed by atoms with Gasteiger partial charge in [0.2, 0.25) is 0 Å². The van der Waals surface area contributed by atoms with E-state index in [1.807, 2.05) is 0 Å². The minimum absolute atomic E-state index is 0.845. The Kier molecular flexibility index (Phi) is 4.65. The molecule has 100 valence electrons. The molecule has 0 spiro atoms. The van der Waals surface area contributed by atoms with Gasteiger partial charge in [0, 0.05) is 25.3 Å². The van der Waals surface area contributed by atoms with Gasteiger partial charge < -0.3 is 10.2 Å². The maximum absolute atomic E-state index is 3.52. The van der Waals surface area contributed by atoms with Gasteiger partial charge in [-0.25, -0.2) is 0 Å². The molecule has 1 saturated heterocycles. The van der Waals surface area contributed by atoms with Crippen LogP contribution in [-0.4, -0.2) is 31.1 Å². The summed E-state index contributed by atoms with van der Waals surface area (Å²) in [5, 5.41) is 3.52. The molecular weight excluding hydrogens is 220 g/mol. The second-order valence-electron chi connectivity index (χ2n) is 5.84. The molecular formula is C16H26N2. The summed E-state index contributed by atoms with van der Waals surface area (Å²) in [7, 11) is 0. The number of nitrogens with one attached hydrogen (secondary N) is 1. The largest absolute Gasteiger partial charge is 0.384 e. The first-order valence-electron chi connectivity index (χ1n) is 7.18. The molecule has 18 heavy (non-hydrogen) atoms. The lowest BCUT2D eigenvalue weighted by molar-refractivity contribution is 0.143. The number of hydrogen-bond acceptors (Lipinski definition) is 2. The summed E-state index contributed by atoms with van der Waals surface area (Å²) < 4.78 is 0. The zero-order chi connectivity index (χ0) is 13.0. The number of hydrogen-bond donors (Lipinski definition) is 1. The molecule has 0 bridgehead atoms. The maximum atomic E-state index is 3.52. The highest BCUT2D eigenvalue weighted by Gasteiger charge is 2.21. The molecule has 1 aliphatic heterocycles. The Morgan fingerprint density at radius 3 is 2.83 bits per heavy atom. The summed E-state index contributed by atoms with van der Waals surface area (Å²) in [5.74, 6) is 1.74. The van der Waals surface area contributed by atoms with E-state index >= 15 is 0 Å². The highest BCUT2D eigenvalue weighted by molar-refractivity contribution is 5.45. The summed E-state index contributed by atoms with van der Waals surface area (Å²) in [4.78, 5) is 2.59. The fourth-order valence-electron chi connectivity index (χ4n) is 2.67. The summed E-state index contributed by atoms with van der Waals surface area (Å²) in [6, 6.07) is 8.61. The van der Waals surface area contributed by atoms with Gasteiger partial charge >= 0.3 is 0 Å². The number of piperidine rings is 1. The monoisotopic (exact) mass is 246 g/mol. The van der Waals surface area contributed by atoms with Crippen LogP contribution in [0.4, 0.5) is 5.69 Å². The third-order valence-corrected chi connectivity index (χ3v) is 4.19. The lowest BCUT2D eigenvalue weighted by Gasteiger charge is -2.35. The van der Waals surface area contributed by atoms with Crippen molar-refractivity contribution < 1.29 is 0 Å². The van der Waals surface area contributed by atoms with Crippen molar-refractivity contribution in [2.45, 2.75) is 27.2 Å². The number of aryl methyl sites for hydroxylation is 1. The molecule has 1 aromatic rings. The Hall–Kier alpha value is -1.02. The van der Waals surface area contributed by atoms with E-state index in [-0.39, 0.29) is 0 Å². The highest BCUT2D eigenvalue weighted by atomic mass is 15.1. The van der Waals surface area contributed by atoms with Crippen LogP contribution < -0.4 is 5.32 Å². The van der Waals surface area contributed by atoms with Crippen LogP contribution in [0.25, 0.3) is 0 Å². The van der Waals surface area contributed by atoms with Crippen molar-refractivity contribution in [2.75, 3.05) is 31.5 Å². The quantitative estimate of drug-likeness (QED) is 0.876. The molecule has 0 aliphatic carbocycles. The van der Waals surface area contributed by atoms with Gasteiger partial charge in [0.05, 0.1) is 0 Å².